The molecular weight excluding hydrogens is 278 g/mol. The standard InChI is InChI=1S/C17H22N3O2/c21-16-8-7-15(17(22)19-16)18-14-6-4-5-13(11-14)12-20-9-2-1-3-10-20/h1,4-6,11,15,18H,2-3,7-10,12H2,(H,19,21,22). The number of nitrogens with one attached hydrogen (secondary N) is 2. The Hall–Kier alpha value is -1.88. The van der Waals surface area contributed by atoms with Crippen molar-refractivity contribution in [1.29, 1.82) is 0 Å². The zero-order valence-electron chi connectivity index (χ0n) is 12.7. The fraction of sp³-hybridized carbons (Fsp3) is 0.471. The topological polar surface area (TPSA) is 61.4 Å². The van der Waals surface area contributed by atoms with Gasteiger partial charge in [-0.15, -0.1) is 0 Å². The van der Waals surface area contributed by atoms with Crippen molar-refractivity contribution in [2.75, 3.05) is 18.4 Å². The molecule has 2 N–H and O–H groups in total. The number of rotatable bonds is 4. The molecule has 2 amide bonds. The molecule has 0 aromatic heterocycles. The molecule has 5 heteroatoms. The Morgan fingerprint density at radius 1 is 1.23 bits per heavy atom. The molecule has 0 spiro atoms. The number of hydrogen-bond acceptors (Lipinski definition) is 4. The van der Waals surface area contributed by atoms with E-state index in [0.29, 0.717) is 12.8 Å². The highest BCUT2D eigenvalue weighted by Gasteiger charge is 2.26. The lowest BCUT2D eigenvalue weighted by Crippen LogP contribution is -2.47. The molecule has 0 aliphatic carbocycles. The van der Waals surface area contributed by atoms with Gasteiger partial charge in [0.05, 0.1) is 0 Å². The van der Waals surface area contributed by atoms with Gasteiger partial charge in [0.25, 0.3) is 0 Å². The van der Waals surface area contributed by atoms with Crippen molar-refractivity contribution >= 4 is 17.5 Å². The van der Waals surface area contributed by atoms with Crippen molar-refractivity contribution in [3.05, 3.63) is 36.2 Å². The molecule has 2 fully saturated rings. The van der Waals surface area contributed by atoms with E-state index in [-0.39, 0.29) is 17.9 Å². The predicted molar refractivity (Wildman–Crippen MR) is 85.0 cm³/mol. The third-order valence-electron chi connectivity index (χ3n) is 4.21. The summed E-state index contributed by atoms with van der Waals surface area (Å²) in [6.45, 7) is 3.17. The molecule has 5 nitrogen and oxygen atoms in total. The van der Waals surface area contributed by atoms with Gasteiger partial charge in [0.2, 0.25) is 11.8 Å². The number of imide groups is 1. The Bertz CT molecular complexity index is 553. The van der Waals surface area contributed by atoms with E-state index in [2.05, 4.69) is 34.1 Å². The van der Waals surface area contributed by atoms with Crippen LogP contribution in [0.25, 0.3) is 0 Å². The molecular formula is C17H22N3O2. The summed E-state index contributed by atoms with van der Waals surface area (Å²) in [5.74, 6) is -0.410. The van der Waals surface area contributed by atoms with Gasteiger partial charge in [-0.05, 0) is 56.5 Å². The molecule has 1 unspecified atom stereocenters. The number of likely N-dealkylation sites (tertiary alicyclic amines) is 1. The van der Waals surface area contributed by atoms with Crippen LogP contribution in [-0.2, 0) is 16.1 Å². The van der Waals surface area contributed by atoms with Crippen LogP contribution < -0.4 is 10.6 Å². The van der Waals surface area contributed by atoms with Crippen molar-refractivity contribution in [2.24, 2.45) is 0 Å². The highest BCUT2D eigenvalue weighted by atomic mass is 16.2. The molecule has 0 saturated carbocycles. The number of carbonyl (C=O) groups is 2. The number of hydrogen-bond donors (Lipinski definition) is 2. The Kier molecular flexibility index (Phi) is 4.73. The van der Waals surface area contributed by atoms with Gasteiger partial charge in [0.1, 0.15) is 6.04 Å². The number of benzene rings is 1. The van der Waals surface area contributed by atoms with Gasteiger partial charge < -0.3 is 5.32 Å². The first-order valence-electron chi connectivity index (χ1n) is 7.94. The summed E-state index contributed by atoms with van der Waals surface area (Å²) in [6, 6.07) is 7.88. The first kappa shape index (κ1) is 15.0. The minimum Gasteiger partial charge on any atom is -0.374 e. The SMILES string of the molecule is O=C1CCC(Nc2cccc(CN3CC[CH]CC3)c2)C(=O)N1. The van der Waals surface area contributed by atoms with E-state index in [4.69, 9.17) is 0 Å². The Morgan fingerprint density at radius 2 is 2.05 bits per heavy atom. The van der Waals surface area contributed by atoms with Crippen LogP contribution in [-0.4, -0.2) is 35.8 Å². The van der Waals surface area contributed by atoms with Crippen LogP contribution in [0.4, 0.5) is 5.69 Å². The van der Waals surface area contributed by atoms with Crippen molar-refractivity contribution in [3.8, 4) is 0 Å². The number of carbonyl (C=O) groups excluding carboxylic acids is 2. The second-order valence-corrected chi connectivity index (χ2v) is 5.99. The fourth-order valence-electron chi connectivity index (χ4n) is 3.01. The third-order valence-corrected chi connectivity index (χ3v) is 4.21. The van der Waals surface area contributed by atoms with Crippen molar-refractivity contribution < 1.29 is 9.59 Å². The van der Waals surface area contributed by atoms with Crippen LogP contribution in [0.2, 0.25) is 0 Å². The molecule has 2 aliphatic heterocycles. The van der Waals surface area contributed by atoms with E-state index in [1.54, 1.807) is 0 Å². The number of piperidine rings is 2. The third kappa shape index (κ3) is 3.85. The maximum absolute atomic E-state index is 11.8. The molecule has 3 rings (SSSR count). The summed E-state index contributed by atoms with van der Waals surface area (Å²) >= 11 is 0. The molecule has 2 heterocycles. The lowest BCUT2D eigenvalue weighted by Gasteiger charge is -2.27. The van der Waals surface area contributed by atoms with E-state index in [1.807, 2.05) is 12.1 Å². The van der Waals surface area contributed by atoms with E-state index in [1.165, 1.54) is 5.56 Å². The Labute approximate surface area is 131 Å². The number of nitrogens with zero attached hydrogens (tertiary/aromatic N) is 1. The van der Waals surface area contributed by atoms with E-state index >= 15 is 0 Å². The average Bonchev–Trinajstić information content (AvgIpc) is 2.52. The van der Waals surface area contributed by atoms with Crippen LogP contribution in [0.5, 0.6) is 0 Å². The van der Waals surface area contributed by atoms with Crippen molar-refractivity contribution in [3.63, 3.8) is 0 Å². The predicted octanol–water partition coefficient (Wildman–Crippen LogP) is 1.70. The van der Waals surface area contributed by atoms with Crippen LogP contribution >= 0.6 is 0 Å². The van der Waals surface area contributed by atoms with E-state index < -0.39 is 0 Å². The summed E-state index contributed by atoms with van der Waals surface area (Å²) < 4.78 is 0. The van der Waals surface area contributed by atoms with Crippen LogP contribution in [0.15, 0.2) is 24.3 Å². The van der Waals surface area contributed by atoms with Crippen molar-refractivity contribution in [2.45, 2.75) is 38.3 Å². The molecule has 1 radical (unpaired) electrons. The molecule has 1 aromatic carbocycles. The zero-order chi connectivity index (χ0) is 15.4. The van der Waals surface area contributed by atoms with E-state index in [0.717, 1.165) is 38.2 Å². The van der Waals surface area contributed by atoms with Crippen LogP contribution in [0.1, 0.15) is 31.2 Å². The monoisotopic (exact) mass is 300 g/mol. The molecule has 2 aliphatic rings. The second kappa shape index (κ2) is 6.92. The lowest BCUT2D eigenvalue weighted by molar-refractivity contribution is -0.133. The van der Waals surface area contributed by atoms with Gasteiger partial charge >= 0.3 is 0 Å². The second-order valence-electron chi connectivity index (χ2n) is 5.99. The average molecular weight is 300 g/mol. The fourth-order valence-corrected chi connectivity index (χ4v) is 3.01. The maximum Gasteiger partial charge on any atom is 0.249 e. The zero-order valence-corrected chi connectivity index (χ0v) is 12.7. The van der Waals surface area contributed by atoms with Crippen molar-refractivity contribution in [1.82, 2.24) is 10.2 Å². The molecule has 117 valence electrons. The van der Waals surface area contributed by atoms with E-state index in [9.17, 15) is 9.59 Å². The summed E-state index contributed by atoms with van der Waals surface area (Å²) in [6.07, 6.45) is 5.62. The van der Waals surface area contributed by atoms with Gasteiger partial charge in [0.15, 0.2) is 0 Å². The highest BCUT2D eigenvalue weighted by molar-refractivity contribution is 6.01. The van der Waals surface area contributed by atoms with Gasteiger partial charge in [-0.3, -0.25) is 19.8 Å². The minimum atomic E-state index is -0.322. The smallest absolute Gasteiger partial charge is 0.249 e. The van der Waals surface area contributed by atoms with Gasteiger partial charge in [0, 0.05) is 18.7 Å². The summed E-state index contributed by atoms with van der Waals surface area (Å²) in [5, 5.41) is 5.62. The molecule has 1 aromatic rings. The molecule has 22 heavy (non-hydrogen) atoms. The quantitative estimate of drug-likeness (QED) is 0.831. The van der Waals surface area contributed by atoms with Gasteiger partial charge in [-0.25, -0.2) is 0 Å². The highest BCUT2D eigenvalue weighted by Crippen LogP contribution is 2.18. The summed E-state index contributed by atoms with van der Waals surface area (Å²) in [5.41, 5.74) is 2.19. The molecule has 0 bridgehead atoms. The first-order valence-corrected chi connectivity index (χ1v) is 7.94. The Morgan fingerprint density at radius 3 is 2.82 bits per heavy atom. The van der Waals surface area contributed by atoms with Gasteiger partial charge in [-0.1, -0.05) is 12.1 Å². The summed E-state index contributed by atoms with van der Waals surface area (Å²) in [4.78, 5) is 25.4. The molecule has 2 saturated heterocycles. The number of anilines is 1. The molecule has 1 atom stereocenters. The summed E-state index contributed by atoms with van der Waals surface area (Å²) in [7, 11) is 0. The number of amides is 2. The minimum absolute atomic E-state index is 0.182. The maximum atomic E-state index is 11.8. The lowest BCUT2D eigenvalue weighted by atomic mass is 10.1. The largest absolute Gasteiger partial charge is 0.374 e. The normalized spacial score (nSPS) is 23.2. The van der Waals surface area contributed by atoms with Gasteiger partial charge in [-0.2, -0.15) is 0 Å². The van der Waals surface area contributed by atoms with Crippen LogP contribution in [0, 0.1) is 6.42 Å². The van der Waals surface area contributed by atoms with Crippen LogP contribution in [0.3, 0.4) is 0 Å². The first-order chi connectivity index (χ1) is 10.7. The Balaban J connectivity index is 1.61.